The average molecular weight is 566 g/mol. The molecular weight excluding hydrogens is 530 g/mol. The maximum atomic E-state index is 12.9. The van der Waals surface area contributed by atoms with Crippen molar-refractivity contribution in [2.24, 2.45) is 0 Å². The van der Waals surface area contributed by atoms with E-state index >= 15 is 0 Å². The van der Waals surface area contributed by atoms with Crippen molar-refractivity contribution < 1.29 is 19.1 Å². The lowest BCUT2D eigenvalue weighted by atomic mass is 9.68. The number of hydrogen-bond acceptors (Lipinski definition) is 6. The van der Waals surface area contributed by atoms with E-state index in [4.69, 9.17) is 26.2 Å². The molecule has 40 heavy (non-hydrogen) atoms. The summed E-state index contributed by atoms with van der Waals surface area (Å²) in [5, 5.41) is 8.30. The summed E-state index contributed by atoms with van der Waals surface area (Å²) in [6.07, 6.45) is 2.37. The number of hydrogen-bond donors (Lipinski definition) is 1. The van der Waals surface area contributed by atoms with E-state index in [1.807, 2.05) is 45.0 Å². The Morgan fingerprint density at radius 3 is 2.40 bits per heavy atom. The van der Waals surface area contributed by atoms with Crippen molar-refractivity contribution >= 4 is 23.7 Å². The van der Waals surface area contributed by atoms with Crippen LogP contribution in [0, 0.1) is 0 Å². The van der Waals surface area contributed by atoms with Crippen molar-refractivity contribution in [3.8, 4) is 11.3 Å². The smallest absolute Gasteiger partial charge is 0.407 e. The lowest BCUT2D eigenvalue weighted by Gasteiger charge is -2.41. The van der Waals surface area contributed by atoms with Gasteiger partial charge in [-0.15, -0.1) is 0 Å². The minimum Gasteiger partial charge on any atom is -0.462 e. The van der Waals surface area contributed by atoms with E-state index in [0.717, 1.165) is 24.0 Å². The summed E-state index contributed by atoms with van der Waals surface area (Å²) < 4.78 is 12.1. The summed E-state index contributed by atoms with van der Waals surface area (Å²) in [5.74, 6) is -0.376. The van der Waals surface area contributed by atoms with Gasteiger partial charge in [0.2, 0.25) is 0 Å². The molecule has 4 rings (SSSR count). The second-order valence-corrected chi connectivity index (χ2v) is 11.6. The van der Waals surface area contributed by atoms with Gasteiger partial charge in [-0.3, -0.25) is 4.79 Å². The maximum Gasteiger partial charge on any atom is 0.407 e. The van der Waals surface area contributed by atoms with Crippen LogP contribution in [0.2, 0.25) is 5.02 Å². The number of amides is 1. The molecule has 3 aromatic rings. The first-order chi connectivity index (χ1) is 19.0. The molecule has 2 aromatic carbocycles. The molecule has 1 aliphatic carbocycles. The zero-order valence-electron chi connectivity index (χ0n) is 23.4. The molecular formula is C31H36ClN3O5. The summed E-state index contributed by atoms with van der Waals surface area (Å²) in [6, 6.07) is 17.9. The van der Waals surface area contributed by atoms with Gasteiger partial charge in [0.1, 0.15) is 5.60 Å². The lowest BCUT2D eigenvalue weighted by Crippen LogP contribution is -2.45. The van der Waals surface area contributed by atoms with Gasteiger partial charge in [0, 0.05) is 28.6 Å². The third-order valence-electron chi connectivity index (χ3n) is 7.18. The largest absolute Gasteiger partial charge is 0.462 e. The van der Waals surface area contributed by atoms with Crippen LogP contribution in [0.25, 0.3) is 11.3 Å². The first-order valence-electron chi connectivity index (χ1n) is 13.6. The SMILES string of the molecule is CCOC(=O)c1ccc(-c2ccc(=O)n(C3CCC(CNC(=O)OC(C)(C)C)(c4cccc(Cl)c4)CC3)n2)cc1. The predicted octanol–water partition coefficient (Wildman–Crippen LogP) is 6.32. The van der Waals surface area contributed by atoms with E-state index in [1.165, 1.54) is 6.07 Å². The van der Waals surface area contributed by atoms with E-state index in [2.05, 4.69) is 5.32 Å². The summed E-state index contributed by atoms with van der Waals surface area (Å²) in [7, 11) is 0. The Hall–Kier alpha value is -3.65. The average Bonchev–Trinajstić information content (AvgIpc) is 2.92. The van der Waals surface area contributed by atoms with Gasteiger partial charge < -0.3 is 14.8 Å². The van der Waals surface area contributed by atoms with Crippen LogP contribution in [0.15, 0.2) is 65.5 Å². The van der Waals surface area contributed by atoms with Crippen molar-refractivity contribution in [2.45, 2.75) is 70.4 Å². The molecule has 0 unspecified atom stereocenters. The molecule has 9 heteroatoms. The number of benzene rings is 2. The first-order valence-corrected chi connectivity index (χ1v) is 14.0. The number of esters is 1. The van der Waals surface area contributed by atoms with Gasteiger partial charge in [0.05, 0.1) is 23.9 Å². The van der Waals surface area contributed by atoms with Crippen LogP contribution in [0.5, 0.6) is 0 Å². The third-order valence-corrected chi connectivity index (χ3v) is 7.42. The molecule has 1 N–H and O–H groups in total. The van der Waals surface area contributed by atoms with E-state index in [1.54, 1.807) is 41.9 Å². The molecule has 0 atom stereocenters. The number of ether oxygens (including phenoxy) is 2. The molecule has 8 nitrogen and oxygen atoms in total. The van der Waals surface area contributed by atoms with Crippen molar-refractivity contribution in [2.75, 3.05) is 13.2 Å². The number of rotatable bonds is 7. The monoisotopic (exact) mass is 565 g/mol. The standard InChI is InChI=1S/C31H36ClN3O5/c1-5-39-28(37)22-11-9-21(10-12-22)26-13-14-27(36)35(34-26)25-15-17-31(18-16-25,23-7-6-8-24(32)19-23)20-33-29(38)40-30(2,3)4/h6-14,19,25H,5,15-18,20H2,1-4H3,(H,33,38). The summed E-state index contributed by atoms with van der Waals surface area (Å²) in [5.41, 5.74) is 1.83. The van der Waals surface area contributed by atoms with Crippen molar-refractivity contribution in [1.82, 2.24) is 15.1 Å². The minimum absolute atomic E-state index is 0.0971. The molecule has 1 aliphatic rings. The predicted molar refractivity (Wildman–Crippen MR) is 155 cm³/mol. The fraction of sp³-hybridized carbons (Fsp3) is 0.419. The first kappa shape index (κ1) is 29.3. The van der Waals surface area contributed by atoms with Crippen LogP contribution >= 0.6 is 11.6 Å². The van der Waals surface area contributed by atoms with E-state index in [9.17, 15) is 14.4 Å². The number of nitrogens with one attached hydrogen (secondary N) is 1. The molecule has 1 amide bonds. The summed E-state index contributed by atoms with van der Waals surface area (Å²) in [6.45, 7) is 7.96. The van der Waals surface area contributed by atoms with E-state index < -0.39 is 11.7 Å². The third kappa shape index (κ3) is 7.10. The number of alkyl carbamates (subject to hydrolysis) is 1. The second kappa shape index (κ2) is 12.3. The molecule has 0 radical (unpaired) electrons. The molecule has 1 fully saturated rings. The van der Waals surface area contributed by atoms with Crippen molar-refractivity contribution in [1.29, 1.82) is 0 Å². The highest BCUT2D eigenvalue weighted by Gasteiger charge is 2.39. The summed E-state index contributed by atoms with van der Waals surface area (Å²) in [4.78, 5) is 37.4. The highest BCUT2D eigenvalue weighted by atomic mass is 35.5. The Labute approximate surface area is 239 Å². The Bertz CT molecular complexity index is 1400. The Morgan fingerprint density at radius 1 is 1.07 bits per heavy atom. The Morgan fingerprint density at radius 2 is 1.77 bits per heavy atom. The molecule has 1 heterocycles. The molecule has 0 aliphatic heterocycles. The van der Waals surface area contributed by atoms with E-state index in [0.29, 0.717) is 42.3 Å². The number of aromatic nitrogens is 2. The van der Waals surface area contributed by atoms with Crippen LogP contribution in [-0.4, -0.2) is 40.6 Å². The van der Waals surface area contributed by atoms with Crippen LogP contribution in [-0.2, 0) is 14.9 Å². The molecule has 0 bridgehead atoms. The molecule has 0 spiro atoms. The lowest BCUT2D eigenvalue weighted by molar-refractivity contribution is 0.0500. The quantitative estimate of drug-likeness (QED) is 0.337. The number of halogens is 1. The summed E-state index contributed by atoms with van der Waals surface area (Å²) >= 11 is 6.35. The van der Waals surface area contributed by atoms with Crippen LogP contribution < -0.4 is 10.9 Å². The topological polar surface area (TPSA) is 99.5 Å². The van der Waals surface area contributed by atoms with Gasteiger partial charge in [-0.05, 0) is 89.3 Å². The fourth-order valence-corrected chi connectivity index (χ4v) is 5.36. The normalized spacial score (nSPS) is 19.1. The Balaban J connectivity index is 1.54. The second-order valence-electron chi connectivity index (χ2n) is 11.2. The zero-order chi connectivity index (χ0) is 28.9. The van der Waals surface area contributed by atoms with E-state index in [-0.39, 0.29) is 23.0 Å². The Kier molecular flexibility index (Phi) is 8.98. The highest BCUT2D eigenvalue weighted by molar-refractivity contribution is 6.30. The van der Waals surface area contributed by atoms with Gasteiger partial charge in [-0.25, -0.2) is 14.3 Å². The van der Waals surface area contributed by atoms with Gasteiger partial charge >= 0.3 is 12.1 Å². The van der Waals surface area contributed by atoms with Gasteiger partial charge in [0.25, 0.3) is 5.56 Å². The van der Waals surface area contributed by atoms with Gasteiger partial charge in [-0.2, -0.15) is 5.10 Å². The van der Waals surface area contributed by atoms with Gasteiger partial charge in [-0.1, -0.05) is 35.9 Å². The minimum atomic E-state index is -0.595. The zero-order valence-corrected chi connectivity index (χ0v) is 24.2. The van der Waals surface area contributed by atoms with Crippen molar-refractivity contribution in [3.63, 3.8) is 0 Å². The van der Waals surface area contributed by atoms with Crippen molar-refractivity contribution in [3.05, 3.63) is 87.2 Å². The number of carbonyl (C=O) groups excluding carboxylic acids is 2. The molecule has 1 aromatic heterocycles. The maximum absolute atomic E-state index is 12.9. The van der Waals surface area contributed by atoms with Gasteiger partial charge in [0.15, 0.2) is 0 Å². The highest BCUT2D eigenvalue weighted by Crippen LogP contribution is 2.43. The number of carbonyl (C=O) groups is 2. The van der Waals surface area contributed by atoms with Crippen LogP contribution in [0.4, 0.5) is 4.79 Å². The number of nitrogens with zero attached hydrogens (tertiary/aromatic N) is 2. The fourth-order valence-electron chi connectivity index (χ4n) is 5.17. The molecule has 212 valence electrons. The van der Waals surface area contributed by atoms with Crippen LogP contribution in [0.1, 0.15) is 75.3 Å². The van der Waals surface area contributed by atoms with Crippen LogP contribution in [0.3, 0.4) is 0 Å². The molecule has 1 saturated carbocycles. The molecule has 0 saturated heterocycles.